The molecule has 56 heavy (non-hydrogen) atoms. The van der Waals surface area contributed by atoms with Gasteiger partial charge in [0.1, 0.15) is 19.8 Å². The van der Waals surface area contributed by atoms with Gasteiger partial charge in [-0.25, -0.2) is 4.57 Å². The molecule has 0 spiro atoms. The number of nitrogens with zero attached hydrogens (tertiary/aromatic N) is 1. The van der Waals surface area contributed by atoms with Crippen LogP contribution in [0.3, 0.4) is 0 Å². The van der Waals surface area contributed by atoms with E-state index < -0.39 is 26.5 Å². The zero-order chi connectivity index (χ0) is 41.4. The van der Waals surface area contributed by atoms with Gasteiger partial charge in [-0.15, -0.1) is 0 Å². The fraction of sp³-hybridized carbons (Fsp3) is 0.870. The van der Waals surface area contributed by atoms with E-state index in [1.807, 2.05) is 21.1 Å². The highest BCUT2D eigenvalue weighted by Gasteiger charge is 2.27. The summed E-state index contributed by atoms with van der Waals surface area (Å²) in [6.07, 6.45) is 42.2. The van der Waals surface area contributed by atoms with Crippen molar-refractivity contribution in [1.82, 2.24) is 0 Å². The third-order valence-electron chi connectivity index (χ3n) is 9.95. The van der Waals surface area contributed by atoms with E-state index in [1.54, 1.807) is 0 Å². The summed E-state index contributed by atoms with van der Waals surface area (Å²) in [5, 5.41) is 0. The molecule has 0 aliphatic rings. The molecule has 0 rings (SSSR count). The molecule has 0 aliphatic carbocycles. The maximum atomic E-state index is 12.7. The molecule has 0 fully saturated rings. The summed E-state index contributed by atoms with van der Waals surface area (Å²) >= 11 is 0. The maximum Gasteiger partial charge on any atom is 0.472 e. The molecule has 0 saturated heterocycles. The average Bonchev–Trinajstić information content (AvgIpc) is 3.15. The van der Waals surface area contributed by atoms with Gasteiger partial charge in [-0.3, -0.25) is 18.6 Å². The number of carbonyl (C=O) groups excluding carboxylic acids is 2. The van der Waals surface area contributed by atoms with Gasteiger partial charge in [-0.05, 0) is 64.2 Å². The molecule has 330 valence electrons. The fourth-order valence-corrected chi connectivity index (χ4v) is 7.04. The normalized spacial score (nSPS) is 13.8. The molecule has 0 amide bonds. The lowest BCUT2D eigenvalue weighted by atomic mass is 10.1. The average molecular weight is 815 g/mol. The van der Waals surface area contributed by atoms with E-state index in [-0.39, 0.29) is 32.0 Å². The summed E-state index contributed by atoms with van der Waals surface area (Å²) in [6.45, 7) is 4.40. The van der Waals surface area contributed by atoms with Gasteiger partial charge in [-0.1, -0.05) is 154 Å². The van der Waals surface area contributed by atoms with Gasteiger partial charge in [0.2, 0.25) is 0 Å². The molecular weight excluding hydrogens is 725 g/mol. The third kappa shape index (κ3) is 42.1. The van der Waals surface area contributed by atoms with E-state index in [9.17, 15) is 19.0 Å². The molecule has 0 bridgehead atoms. The van der Waals surface area contributed by atoms with Crippen LogP contribution in [-0.4, -0.2) is 74.9 Å². The summed E-state index contributed by atoms with van der Waals surface area (Å²) in [7, 11) is 1.47. The van der Waals surface area contributed by atoms with E-state index in [0.717, 1.165) is 38.5 Å². The van der Waals surface area contributed by atoms with Crippen molar-refractivity contribution in [2.24, 2.45) is 0 Å². The molecule has 0 heterocycles. The Kier molecular flexibility index (Phi) is 37.9. The van der Waals surface area contributed by atoms with Crippen molar-refractivity contribution < 1.29 is 42.1 Å². The quantitative estimate of drug-likeness (QED) is 0.0213. The fourth-order valence-electron chi connectivity index (χ4n) is 6.30. The number of quaternary nitrogens is 1. The van der Waals surface area contributed by atoms with Gasteiger partial charge in [-0.2, -0.15) is 0 Å². The van der Waals surface area contributed by atoms with Crippen LogP contribution in [0.15, 0.2) is 24.3 Å². The molecular formula is C46H89NO8P+. The van der Waals surface area contributed by atoms with Crippen LogP contribution in [0.1, 0.15) is 206 Å². The molecule has 1 N–H and O–H groups in total. The smallest absolute Gasteiger partial charge is 0.462 e. The van der Waals surface area contributed by atoms with Crippen molar-refractivity contribution in [2.45, 2.75) is 213 Å². The zero-order valence-corrected chi connectivity index (χ0v) is 38.0. The lowest BCUT2D eigenvalue weighted by Crippen LogP contribution is -2.37. The van der Waals surface area contributed by atoms with Crippen molar-refractivity contribution in [3.63, 3.8) is 0 Å². The van der Waals surface area contributed by atoms with Gasteiger partial charge in [0.25, 0.3) is 0 Å². The summed E-state index contributed by atoms with van der Waals surface area (Å²) in [4.78, 5) is 35.4. The number of phosphoric ester groups is 1. The van der Waals surface area contributed by atoms with E-state index in [1.165, 1.54) is 135 Å². The van der Waals surface area contributed by atoms with Gasteiger partial charge in [0.05, 0.1) is 27.7 Å². The molecule has 2 atom stereocenters. The monoisotopic (exact) mass is 815 g/mol. The number of ether oxygens (including phenoxy) is 2. The van der Waals surface area contributed by atoms with Crippen molar-refractivity contribution in [3.8, 4) is 0 Å². The number of unbranched alkanes of at least 4 members (excludes halogenated alkanes) is 24. The van der Waals surface area contributed by atoms with Crippen molar-refractivity contribution in [3.05, 3.63) is 24.3 Å². The van der Waals surface area contributed by atoms with Gasteiger partial charge >= 0.3 is 19.8 Å². The lowest BCUT2D eigenvalue weighted by Gasteiger charge is -2.24. The Labute approximate surface area is 345 Å². The predicted octanol–water partition coefficient (Wildman–Crippen LogP) is 13.1. The Bertz CT molecular complexity index is 1010. The standard InChI is InChI=1S/C46H88NO8P/c1-6-8-10-12-14-16-18-20-22-23-25-26-28-30-32-34-36-38-45(48)52-42-44(43-54-56(50,51)53-41-40-47(3,4)5)55-46(49)39-37-35-33-31-29-27-24-21-19-17-15-13-11-9-7-2/h20,22,29,31,44H,6-19,21,23-28,30,32-43H2,1-5H3/p+1/b22-20+,31-29+/t44-/m1/s1. The highest BCUT2D eigenvalue weighted by Crippen LogP contribution is 2.43. The number of esters is 2. The molecule has 0 aromatic heterocycles. The minimum absolute atomic E-state index is 0.0288. The van der Waals surface area contributed by atoms with Crippen LogP contribution in [-0.2, 0) is 32.7 Å². The maximum absolute atomic E-state index is 12.7. The second kappa shape index (κ2) is 39.0. The minimum Gasteiger partial charge on any atom is -0.462 e. The highest BCUT2D eigenvalue weighted by atomic mass is 31.2. The van der Waals surface area contributed by atoms with E-state index in [0.29, 0.717) is 17.4 Å². The first kappa shape index (κ1) is 54.5. The summed E-state index contributed by atoms with van der Waals surface area (Å²) in [6, 6.07) is 0. The Morgan fingerprint density at radius 2 is 0.911 bits per heavy atom. The van der Waals surface area contributed by atoms with Crippen molar-refractivity contribution in [1.29, 1.82) is 0 Å². The SMILES string of the molecule is CCCCCCCC/C=C/CCCCCCCCCC(=O)OC[C@H](COP(=O)(O)OCC[N+](C)(C)C)OC(=O)CCCC/C=C/CCCCCCCCCCC. The molecule has 0 saturated carbocycles. The first-order valence-corrected chi connectivity index (χ1v) is 24.6. The van der Waals surface area contributed by atoms with E-state index >= 15 is 0 Å². The van der Waals surface area contributed by atoms with Crippen LogP contribution in [0.25, 0.3) is 0 Å². The second-order valence-corrected chi connectivity index (χ2v) is 18.2. The molecule has 10 heteroatoms. The van der Waals surface area contributed by atoms with Crippen molar-refractivity contribution in [2.75, 3.05) is 47.5 Å². The van der Waals surface area contributed by atoms with Crippen LogP contribution >= 0.6 is 7.82 Å². The predicted molar refractivity (Wildman–Crippen MR) is 234 cm³/mol. The number of hydrogen-bond acceptors (Lipinski definition) is 7. The van der Waals surface area contributed by atoms with Crippen LogP contribution in [0.2, 0.25) is 0 Å². The largest absolute Gasteiger partial charge is 0.472 e. The Balaban J connectivity index is 4.35. The number of allylic oxidation sites excluding steroid dienone is 4. The topological polar surface area (TPSA) is 108 Å². The van der Waals surface area contributed by atoms with Crippen LogP contribution < -0.4 is 0 Å². The van der Waals surface area contributed by atoms with Crippen molar-refractivity contribution >= 4 is 19.8 Å². The summed E-state index contributed by atoms with van der Waals surface area (Å²) in [5.74, 6) is -0.824. The Hall–Kier alpha value is -1.51. The molecule has 1 unspecified atom stereocenters. The Morgan fingerprint density at radius 1 is 0.536 bits per heavy atom. The van der Waals surface area contributed by atoms with Gasteiger partial charge in [0, 0.05) is 12.8 Å². The van der Waals surface area contributed by atoms with Crippen LogP contribution in [0, 0.1) is 0 Å². The molecule has 0 aromatic rings. The summed E-state index contributed by atoms with van der Waals surface area (Å²) in [5.41, 5.74) is 0. The highest BCUT2D eigenvalue weighted by molar-refractivity contribution is 7.47. The third-order valence-corrected chi connectivity index (χ3v) is 10.9. The number of phosphoric acid groups is 1. The molecule has 0 radical (unpaired) electrons. The van der Waals surface area contributed by atoms with E-state index in [2.05, 4.69) is 38.2 Å². The second-order valence-electron chi connectivity index (χ2n) is 16.8. The summed E-state index contributed by atoms with van der Waals surface area (Å²) < 4.78 is 34.3. The lowest BCUT2D eigenvalue weighted by molar-refractivity contribution is -0.870. The first-order valence-electron chi connectivity index (χ1n) is 23.1. The first-order chi connectivity index (χ1) is 27.0. The zero-order valence-electron chi connectivity index (χ0n) is 37.1. The minimum atomic E-state index is -4.38. The molecule has 0 aromatic carbocycles. The Morgan fingerprint density at radius 3 is 1.36 bits per heavy atom. The number of carbonyl (C=O) groups is 2. The van der Waals surface area contributed by atoms with E-state index in [4.69, 9.17) is 18.5 Å². The number of hydrogen-bond donors (Lipinski definition) is 1. The van der Waals surface area contributed by atoms with Gasteiger partial charge < -0.3 is 18.9 Å². The number of rotatable bonds is 42. The number of likely N-dealkylation sites (N-methyl/N-ethyl adjacent to an activating group) is 1. The molecule has 9 nitrogen and oxygen atoms in total. The molecule has 0 aliphatic heterocycles. The van der Waals surface area contributed by atoms with Gasteiger partial charge in [0.15, 0.2) is 6.10 Å². The van der Waals surface area contributed by atoms with Crippen LogP contribution in [0.5, 0.6) is 0 Å². The van der Waals surface area contributed by atoms with Crippen LogP contribution in [0.4, 0.5) is 0 Å².